The normalized spacial score (nSPS) is 14.7. The van der Waals surface area contributed by atoms with Gasteiger partial charge in [0.2, 0.25) is 5.89 Å². The number of hydrogen-bond donors (Lipinski definition) is 0. The molecule has 0 saturated heterocycles. The fourth-order valence-corrected chi connectivity index (χ4v) is 4.35. The number of rotatable bonds is 4. The van der Waals surface area contributed by atoms with Crippen molar-refractivity contribution in [3.63, 3.8) is 0 Å². The highest BCUT2D eigenvalue weighted by atomic mass is 35.5. The predicted octanol–water partition coefficient (Wildman–Crippen LogP) is 3.76. The monoisotopic (exact) mass is 300 g/mol. The molecule has 0 spiro atoms. The lowest BCUT2D eigenvalue weighted by atomic mass is 10.2. The molecule has 6 heteroatoms. The van der Waals surface area contributed by atoms with Crippen LogP contribution in [-0.4, -0.2) is 21.8 Å². The lowest BCUT2D eigenvalue weighted by molar-refractivity contribution is 0.503. The first-order valence-electron chi connectivity index (χ1n) is 5.95. The van der Waals surface area contributed by atoms with Crippen LogP contribution in [0.25, 0.3) is 10.8 Å². The zero-order valence-electron chi connectivity index (χ0n) is 9.82. The van der Waals surface area contributed by atoms with Gasteiger partial charge in [0.1, 0.15) is 0 Å². The van der Waals surface area contributed by atoms with Crippen LogP contribution in [0.15, 0.2) is 10.5 Å². The molecule has 0 bridgehead atoms. The third kappa shape index (κ3) is 2.58. The highest BCUT2D eigenvalue weighted by Gasteiger charge is 2.17. The van der Waals surface area contributed by atoms with Crippen molar-refractivity contribution in [3.8, 4) is 10.8 Å². The van der Waals surface area contributed by atoms with Crippen molar-refractivity contribution in [2.24, 2.45) is 0 Å². The van der Waals surface area contributed by atoms with Crippen LogP contribution in [0.5, 0.6) is 0 Å². The molecule has 0 fully saturated rings. The molecule has 3 nitrogen and oxygen atoms in total. The molecule has 2 aromatic heterocycles. The third-order valence-corrected chi connectivity index (χ3v) is 5.33. The van der Waals surface area contributed by atoms with E-state index >= 15 is 0 Å². The van der Waals surface area contributed by atoms with E-state index in [-0.39, 0.29) is 0 Å². The molecule has 2 aromatic rings. The van der Waals surface area contributed by atoms with E-state index in [0.717, 1.165) is 29.9 Å². The van der Waals surface area contributed by atoms with Gasteiger partial charge < -0.3 is 4.42 Å². The summed E-state index contributed by atoms with van der Waals surface area (Å²) < 4.78 is 5.67. The zero-order valence-corrected chi connectivity index (χ0v) is 12.2. The molecule has 0 aliphatic carbocycles. The van der Waals surface area contributed by atoms with E-state index in [1.54, 1.807) is 11.3 Å². The van der Waals surface area contributed by atoms with Gasteiger partial charge in [0, 0.05) is 22.9 Å². The number of aromatic nitrogens is 2. The Labute approximate surface area is 119 Å². The molecule has 18 heavy (non-hydrogen) atoms. The van der Waals surface area contributed by atoms with Crippen LogP contribution in [0, 0.1) is 0 Å². The highest BCUT2D eigenvalue weighted by Crippen LogP contribution is 2.36. The largest absolute Gasteiger partial charge is 0.420 e. The molecular formula is C12H13ClN2OS2. The van der Waals surface area contributed by atoms with Gasteiger partial charge in [-0.3, -0.25) is 0 Å². The van der Waals surface area contributed by atoms with Gasteiger partial charge in [-0.05, 0) is 30.2 Å². The molecule has 0 unspecified atom stereocenters. The van der Waals surface area contributed by atoms with Gasteiger partial charge in [-0.2, -0.15) is 11.8 Å². The van der Waals surface area contributed by atoms with E-state index in [2.05, 4.69) is 16.3 Å². The second-order valence-corrected chi connectivity index (χ2v) is 6.78. The Kier molecular flexibility index (Phi) is 3.91. The minimum atomic E-state index is 0.627. The quantitative estimate of drug-likeness (QED) is 0.806. The van der Waals surface area contributed by atoms with E-state index in [9.17, 15) is 0 Å². The average Bonchev–Trinajstić information content (AvgIpc) is 3.02. The van der Waals surface area contributed by atoms with Crippen molar-refractivity contribution in [2.45, 2.75) is 25.0 Å². The lowest BCUT2D eigenvalue weighted by Crippen LogP contribution is -1.96. The van der Waals surface area contributed by atoms with Crippen molar-refractivity contribution in [3.05, 3.63) is 22.4 Å². The Morgan fingerprint density at radius 1 is 1.39 bits per heavy atom. The van der Waals surface area contributed by atoms with Crippen LogP contribution in [0.1, 0.15) is 22.8 Å². The predicted molar refractivity (Wildman–Crippen MR) is 76.5 cm³/mol. The minimum Gasteiger partial charge on any atom is -0.420 e. The fourth-order valence-electron chi connectivity index (χ4n) is 1.92. The number of fused-ring (bicyclic) bond motifs is 1. The Bertz CT molecular complexity index is 514. The number of thioether (sulfide) groups is 1. The van der Waals surface area contributed by atoms with Gasteiger partial charge in [-0.25, -0.2) is 0 Å². The van der Waals surface area contributed by atoms with Gasteiger partial charge in [-0.1, -0.05) is 0 Å². The third-order valence-electron chi connectivity index (χ3n) is 2.83. The van der Waals surface area contributed by atoms with Gasteiger partial charge >= 0.3 is 0 Å². The van der Waals surface area contributed by atoms with Crippen molar-refractivity contribution in [1.82, 2.24) is 10.2 Å². The molecule has 1 aliphatic rings. The van der Waals surface area contributed by atoms with E-state index in [0.29, 0.717) is 17.7 Å². The van der Waals surface area contributed by atoms with Crippen molar-refractivity contribution in [1.29, 1.82) is 0 Å². The molecule has 1 aliphatic heterocycles. The van der Waals surface area contributed by atoms with Gasteiger partial charge in [0.25, 0.3) is 5.89 Å². The molecule has 3 heterocycles. The maximum absolute atomic E-state index is 5.67. The van der Waals surface area contributed by atoms with E-state index in [1.807, 2.05) is 11.8 Å². The molecule has 0 aromatic carbocycles. The fraction of sp³-hybridized carbons (Fsp3) is 0.500. The number of hydrogen-bond acceptors (Lipinski definition) is 5. The summed E-state index contributed by atoms with van der Waals surface area (Å²) in [4.78, 5) is 2.58. The molecule has 0 N–H and O–H groups in total. The van der Waals surface area contributed by atoms with Crippen LogP contribution in [0.3, 0.4) is 0 Å². The lowest BCUT2D eigenvalue weighted by Gasteiger charge is -2.08. The van der Waals surface area contributed by atoms with Gasteiger partial charge in [-0.15, -0.1) is 33.1 Å². The van der Waals surface area contributed by atoms with Crippen LogP contribution >= 0.6 is 34.7 Å². The van der Waals surface area contributed by atoms with E-state index < -0.39 is 0 Å². The topological polar surface area (TPSA) is 38.9 Å². The highest BCUT2D eigenvalue weighted by molar-refractivity contribution is 7.98. The van der Waals surface area contributed by atoms with Crippen LogP contribution in [0.2, 0.25) is 0 Å². The molecule has 96 valence electrons. The molecule has 0 amide bonds. The Hall–Kier alpha value is -0.520. The summed E-state index contributed by atoms with van der Waals surface area (Å²) in [5, 5.41) is 8.19. The van der Waals surface area contributed by atoms with Gasteiger partial charge in [0.15, 0.2) is 0 Å². The SMILES string of the molecule is ClCCCc1nnc(-c2cc3c(s2)CCSC3)o1. The summed E-state index contributed by atoms with van der Waals surface area (Å²) in [6.07, 6.45) is 2.80. The molecule has 0 atom stereocenters. The summed E-state index contributed by atoms with van der Waals surface area (Å²) in [6.45, 7) is 0. The first-order chi connectivity index (χ1) is 8.86. The van der Waals surface area contributed by atoms with Crippen LogP contribution in [-0.2, 0) is 18.6 Å². The maximum Gasteiger partial charge on any atom is 0.257 e. The standard InChI is InChI=1S/C12H13ClN2OS2/c13-4-1-2-11-14-15-12(16-11)10-6-8-7-17-5-3-9(8)18-10/h6H,1-5,7H2. The number of nitrogens with zero attached hydrogens (tertiary/aromatic N) is 2. The Morgan fingerprint density at radius 2 is 2.33 bits per heavy atom. The average molecular weight is 301 g/mol. The van der Waals surface area contributed by atoms with E-state index in [1.165, 1.54) is 16.2 Å². The van der Waals surface area contributed by atoms with Crippen molar-refractivity contribution < 1.29 is 4.42 Å². The van der Waals surface area contributed by atoms with Crippen LogP contribution in [0.4, 0.5) is 0 Å². The summed E-state index contributed by atoms with van der Waals surface area (Å²) in [5.74, 6) is 4.30. The van der Waals surface area contributed by atoms with E-state index in [4.69, 9.17) is 16.0 Å². The summed E-state index contributed by atoms with van der Waals surface area (Å²) >= 11 is 9.43. The van der Waals surface area contributed by atoms with Crippen LogP contribution < -0.4 is 0 Å². The Morgan fingerprint density at radius 3 is 3.17 bits per heavy atom. The molecule has 0 saturated carbocycles. The van der Waals surface area contributed by atoms with Gasteiger partial charge in [0.05, 0.1) is 4.88 Å². The zero-order chi connectivity index (χ0) is 12.4. The molecule has 0 radical (unpaired) electrons. The summed E-state index contributed by atoms with van der Waals surface area (Å²) in [6, 6.07) is 2.20. The second-order valence-electron chi connectivity index (χ2n) is 4.16. The molecule has 3 rings (SSSR count). The number of thiophene rings is 1. The first-order valence-corrected chi connectivity index (χ1v) is 8.45. The summed E-state index contributed by atoms with van der Waals surface area (Å²) in [5.41, 5.74) is 1.44. The van der Waals surface area contributed by atoms with Crippen molar-refractivity contribution in [2.75, 3.05) is 11.6 Å². The second kappa shape index (κ2) is 5.63. The minimum absolute atomic E-state index is 0.627. The first kappa shape index (κ1) is 12.5. The summed E-state index contributed by atoms with van der Waals surface area (Å²) in [7, 11) is 0. The van der Waals surface area contributed by atoms with Crippen molar-refractivity contribution >= 4 is 34.7 Å². The number of halogens is 1. The molecular weight excluding hydrogens is 288 g/mol. The maximum atomic E-state index is 5.67. The number of aryl methyl sites for hydroxylation is 2. The number of alkyl halides is 1. The smallest absolute Gasteiger partial charge is 0.257 e. The Balaban J connectivity index is 1.81.